The third-order valence-corrected chi connectivity index (χ3v) is 5.36. The Morgan fingerprint density at radius 3 is 2.54 bits per heavy atom. The van der Waals surface area contributed by atoms with Crippen LogP contribution in [0.25, 0.3) is 0 Å². The van der Waals surface area contributed by atoms with Crippen molar-refractivity contribution in [2.75, 3.05) is 32.7 Å². The van der Waals surface area contributed by atoms with E-state index in [0.29, 0.717) is 6.54 Å². The zero-order valence-corrected chi connectivity index (χ0v) is 14.3. The Bertz CT molecular complexity index is 529. The topological polar surface area (TPSA) is 69.8 Å². The van der Waals surface area contributed by atoms with Crippen LogP contribution in [0.2, 0.25) is 0 Å². The van der Waals surface area contributed by atoms with Crippen LogP contribution in [0.4, 0.5) is 0 Å². The molecule has 3 rings (SSSR count). The van der Waals surface area contributed by atoms with E-state index >= 15 is 0 Å². The van der Waals surface area contributed by atoms with Crippen LogP contribution in [0.5, 0.6) is 0 Å². The highest BCUT2D eigenvalue weighted by Crippen LogP contribution is 2.25. The first-order valence-corrected chi connectivity index (χ1v) is 9.13. The van der Waals surface area contributed by atoms with Crippen molar-refractivity contribution in [1.29, 1.82) is 0 Å². The van der Waals surface area contributed by atoms with E-state index in [2.05, 4.69) is 4.90 Å². The zero-order valence-electron chi connectivity index (χ0n) is 14.3. The van der Waals surface area contributed by atoms with Gasteiger partial charge in [-0.3, -0.25) is 9.69 Å². The number of hydrogen-bond acceptors (Lipinski definition) is 4. The summed E-state index contributed by atoms with van der Waals surface area (Å²) in [6, 6.07) is 9.95. The second-order valence-electron chi connectivity index (χ2n) is 7.18. The van der Waals surface area contributed by atoms with Crippen LogP contribution in [0, 0.1) is 5.92 Å². The molecule has 3 N–H and O–H groups in total. The van der Waals surface area contributed by atoms with E-state index in [1.807, 2.05) is 35.2 Å². The molecule has 3 unspecified atom stereocenters. The second-order valence-corrected chi connectivity index (χ2v) is 7.18. The fraction of sp³-hybridized carbons (Fsp3) is 0.632. The predicted molar refractivity (Wildman–Crippen MR) is 94.4 cm³/mol. The molecule has 3 atom stereocenters. The van der Waals surface area contributed by atoms with Crippen LogP contribution >= 0.6 is 0 Å². The van der Waals surface area contributed by atoms with Gasteiger partial charge in [0, 0.05) is 44.7 Å². The maximum atomic E-state index is 12.7. The fourth-order valence-corrected chi connectivity index (χ4v) is 3.89. The highest BCUT2D eigenvalue weighted by Gasteiger charge is 2.31. The van der Waals surface area contributed by atoms with E-state index in [4.69, 9.17) is 5.73 Å². The van der Waals surface area contributed by atoms with Crippen LogP contribution in [-0.2, 0) is 4.79 Å². The molecule has 1 aliphatic heterocycles. The van der Waals surface area contributed by atoms with Gasteiger partial charge in [0.05, 0.1) is 6.10 Å². The van der Waals surface area contributed by atoms with Crippen LogP contribution in [-0.4, -0.2) is 59.6 Å². The van der Waals surface area contributed by atoms with E-state index in [-0.39, 0.29) is 17.9 Å². The van der Waals surface area contributed by atoms with Crippen molar-refractivity contribution in [3.8, 4) is 0 Å². The number of rotatable bonds is 4. The molecule has 0 bridgehead atoms. The lowest BCUT2D eigenvalue weighted by atomic mass is 9.85. The average molecular weight is 331 g/mol. The monoisotopic (exact) mass is 331 g/mol. The molecule has 2 aliphatic rings. The maximum absolute atomic E-state index is 12.7. The Morgan fingerprint density at radius 2 is 1.88 bits per heavy atom. The molecule has 1 heterocycles. The van der Waals surface area contributed by atoms with Crippen molar-refractivity contribution in [2.45, 2.75) is 37.8 Å². The minimum absolute atomic E-state index is 0.121. The third kappa shape index (κ3) is 4.35. The van der Waals surface area contributed by atoms with Crippen LogP contribution in [0.3, 0.4) is 0 Å². The van der Waals surface area contributed by atoms with Gasteiger partial charge >= 0.3 is 0 Å². The Hall–Kier alpha value is -1.43. The number of nitrogens with zero attached hydrogens (tertiary/aromatic N) is 2. The Morgan fingerprint density at radius 1 is 1.17 bits per heavy atom. The SMILES string of the molecule is NC1CCCC(C(=O)N2CCN(CC(O)c3ccccc3)CC2)C1. The van der Waals surface area contributed by atoms with Gasteiger partial charge in [0.1, 0.15) is 0 Å². The van der Waals surface area contributed by atoms with Crippen molar-refractivity contribution >= 4 is 5.91 Å². The summed E-state index contributed by atoms with van der Waals surface area (Å²) in [5.74, 6) is 0.406. The molecule has 24 heavy (non-hydrogen) atoms. The Labute approximate surface area is 144 Å². The number of carbonyl (C=O) groups excluding carboxylic acids is 1. The number of aliphatic hydroxyl groups excluding tert-OH is 1. The summed E-state index contributed by atoms with van der Waals surface area (Å²) in [7, 11) is 0. The van der Waals surface area contributed by atoms with Gasteiger partial charge in [-0.25, -0.2) is 0 Å². The third-order valence-electron chi connectivity index (χ3n) is 5.36. The number of piperazine rings is 1. The summed E-state index contributed by atoms with van der Waals surface area (Å²) in [5.41, 5.74) is 6.97. The number of β-amino-alcohol motifs (C(OH)–C–C–N with tert-alkyl or cyclic N) is 1. The van der Waals surface area contributed by atoms with Crippen molar-refractivity contribution < 1.29 is 9.90 Å². The molecule has 2 fully saturated rings. The molecular formula is C19H29N3O2. The van der Waals surface area contributed by atoms with Gasteiger partial charge in [-0.15, -0.1) is 0 Å². The minimum Gasteiger partial charge on any atom is -0.387 e. The first kappa shape index (κ1) is 17.4. The summed E-state index contributed by atoms with van der Waals surface area (Å²) >= 11 is 0. The van der Waals surface area contributed by atoms with Gasteiger partial charge in [0.2, 0.25) is 5.91 Å². The van der Waals surface area contributed by atoms with Gasteiger partial charge in [-0.05, 0) is 24.8 Å². The Kier molecular flexibility index (Phi) is 5.87. The standard InChI is InChI=1S/C19H29N3O2/c20-17-8-4-7-16(13-17)19(24)22-11-9-21(10-12-22)14-18(23)15-5-2-1-3-6-15/h1-3,5-6,16-18,23H,4,7-14,20H2. The molecule has 0 spiro atoms. The number of amides is 1. The van der Waals surface area contributed by atoms with Gasteiger partial charge in [-0.2, -0.15) is 0 Å². The molecule has 0 aromatic heterocycles. The molecule has 1 saturated heterocycles. The lowest BCUT2D eigenvalue weighted by Crippen LogP contribution is -2.51. The van der Waals surface area contributed by atoms with E-state index < -0.39 is 6.10 Å². The van der Waals surface area contributed by atoms with Crippen molar-refractivity contribution in [3.63, 3.8) is 0 Å². The molecule has 132 valence electrons. The largest absolute Gasteiger partial charge is 0.387 e. The molecule has 5 heteroatoms. The first-order valence-electron chi connectivity index (χ1n) is 9.13. The molecule has 1 saturated carbocycles. The van der Waals surface area contributed by atoms with Gasteiger partial charge in [-0.1, -0.05) is 36.8 Å². The summed E-state index contributed by atoms with van der Waals surface area (Å²) in [5, 5.41) is 10.3. The molecule has 0 radical (unpaired) electrons. The highest BCUT2D eigenvalue weighted by molar-refractivity contribution is 5.79. The summed E-state index contributed by atoms with van der Waals surface area (Å²) < 4.78 is 0. The number of hydrogen-bond donors (Lipinski definition) is 2. The molecule has 1 aromatic carbocycles. The van der Waals surface area contributed by atoms with Crippen LogP contribution in [0.1, 0.15) is 37.4 Å². The highest BCUT2D eigenvalue weighted by atomic mass is 16.3. The Balaban J connectivity index is 1.46. The van der Waals surface area contributed by atoms with Crippen molar-refractivity contribution in [2.24, 2.45) is 11.7 Å². The van der Waals surface area contributed by atoms with Crippen molar-refractivity contribution in [1.82, 2.24) is 9.80 Å². The first-order chi connectivity index (χ1) is 11.6. The van der Waals surface area contributed by atoms with Gasteiger partial charge in [0.15, 0.2) is 0 Å². The quantitative estimate of drug-likeness (QED) is 0.874. The van der Waals surface area contributed by atoms with Gasteiger partial charge < -0.3 is 15.7 Å². The number of nitrogens with two attached hydrogens (primary N) is 1. The average Bonchev–Trinajstić information content (AvgIpc) is 2.62. The normalized spacial score (nSPS) is 27.0. The number of aliphatic hydroxyl groups is 1. The van der Waals surface area contributed by atoms with Crippen molar-refractivity contribution in [3.05, 3.63) is 35.9 Å². The van der Waals surface area contributed by atoms with E-state index in [1.54, 1.807) is 0 Å². The predicted octanol–water partition coefficient (Wildman–Crippen LogP) is 1.38. The molecule has 5 nitrogen and oxygen atoms in total. The summed E-state index contributed by atoms with van der Waals surface area (Å²) in [4.78, 5) is 16.9. The smallest absolute Gasteiger partial charge is 0.225 e. The number of benzene rings is 1. The molecule has 1 aromatic rings. The molecule has 1 aliphatic carbocycles. The molecular weight excluding hydrogens is 302 g/mol. The zero-order chi connectivity index (χ0) is 16.9. The molecule has 1 amide bonds. The summed E-state index contributed by atoms with van der Waals surface area (Å²) in [6.45, 7) is 3.79. The van der Waals surface area contributed by atoms with E-state index in [0.717, 1.165) is 57.4 Å². The van der Waals surface area contributed by atoms with Gasteiger partial charge in [0.25, 0.3) is 0 Å². The fourth-order valence-electron chi connectivity index (χ4n) is 3.89. The lowest BCUT2D eigenvalue weighted by Gasteiger charge is -2.38. The maximum Gasteiger partial charge on any atom is 0.225 e. The van der Waals surface area contributed by atoms with Crippen LogP contribution in [0.15, 0.2) is 30.3 Å². The minimum atomic E-state index is -0.468. The lowest BCUT2D eigenvalue weighted by molar-refractivity contribution is -0.138. The summed E-state index contributed by atoms with van der Waals surface area (Å²) in [6.07, 6.45) is 3.48. The van der Waals surface area contributed by atoms with Crippen LogP contribution < -0.4 is 5.73 Å². The second kappa shape index (κ2) is 8.10. The van der Waals surface area contributed by atoms with E-state index in [9.17, 15) is 9.90 Å². The van der Waals surface area contributed by atoms with E-state index in [1.165, 1.54) is 0 Å². The number of carbonyl (C=O) groups is 1.